The van der Waals surface area contributed by atoms with Gasteiger partial charge < -0.3 is 11.1 Å². The average Bonchev–Trinajstić information content (AvgIpc) is 2.61. The second-order valence-corrected chi connectivity index (χ2v) is 5.69. The minimum Gasteiger partial charge on any atom is -0.378 e. The largest absolute Gasteiger partial charge is 0.378 e. The minimum atomic E-state index is -0.495. The molecule has 0 saturated carbocycles. The third kappa shape index (κ3) is 3.35. The number of amidine groups is 1. The lowest BCUT2D eigenvalue weighted by molar-refractivity contribution is -0.121. The van der Waals surface area contributed by atoms with Crippen molar-refractivity contribution in [1.29, 1.82) is 0 Å². The molecule has 2 amide bonds. The van der Waals surface area contributed by atoms with Gasteiger partial charge in [-0.3, -0.25) is 9.59 Å². The molecular weight excluding hydrogens is 262 g/mol. The van der Waals surface area contributed by atoms with Crippen LogP contribution in [0.4, 0.5) is 5.69 Å². The number of hydrogen-bond acceptors (Lipinski definition) is 4. The summed E-state index contributed by atoms with van der Waals surface area (Å²) >= 11 is 1.14. The van der Waals surface area contributed by atoms with E-state index in [1.165, 1.54) is 0 Å². The Morgan fingerprint density at radius 3 is 2.79 bits per heavy atom. The molecular formula is C13H15N3O2S. The lowest BCUT2D eigenvalue weighted by atomic mass is 10.1. The number of benzene rings is 1. The molecule has 0 saturated heterocycles. The van der Waals surface area contributed by atoms with Gasteiger partial charge in [0.1, 0.15) is 5.25 Å². The molecule has 1 aliphatic rings. The summed E-state index contributed by atoms with van der Waals surface area (Å²) in [5.41, 5.74) is 8.34. The van der Waals surface area contributed by atoms with Gasteiger partial charge in [-0.05, 0) is 25.5 Å². The molecule has 100 valence electrons. The van der Waals surface area contributed by atoms with E-state index in [0.29, 0.717) is 0 Å². The highest BCUT2D eigenvalue weighted by molar-refractivity contribution is 8.15. The van der Waals surface area contributed by atoms with Crippen LogP contribution in [0.3, 0.4) is 0 Å². The van der Waals surface area contributed by atoms with Crippen LogP contribution < -0.4 is 11.1 Å². The fourth-order valence-electron chi connectivity index (χ4n) is 1.86. The molecule has 1 aliphatic heterocycles. The van der Waals surface area contributed by atoms with E-state index in [1.807, 2.05) is 32.0 Å². The van der Waals surface area contributed by atoms with Gasteiger partial charge in [-0.1, -0.05) is 29.5 Å². The quantitative estimate of drug-likeness (QED) is 0.878. The van der Waals surface area contributed by atoms with Crippen LogP contribution in [0.2, 0.25) is 0 Å². The number of nitrogens with zero attached hydrogens (tertiary/aromatic N) is 1. The molecule has 6 heteroatoms. The maximum atomic E-state index is 11.9. The summed E-state index contributed by atoms with van der Waals surface area (Å²) in [6.45, 7) is 3.92. The SMILES string of the molecule is Cc1ccc(NC(=O)C[C@H]2SC(N)=NC2=O)c(C)c1. The van der Waals surface area contributed by atoms with Gasteiger partial charge in [0, 0.05) is 12.1 Å². The van der Waals surface area contributed by atoms with Crippen LogP contribution in [0.25, 0.3) is 0 Å². The van der Waals surface area contributed by atoms with Gasteiger partial charge in [-0.25, -0.2) is 0 Å². The molecule has 1 atom stereocenters. The summed E-state index contributed by atoms with van der Waals surface area (Å²) in [4.78, 5) is 26.9. The zero-order chi connectivity index (χ0) is 14.0. The van der Waals surface area contributed by atoms with E-state index in [4.69, 9.17) is 5.73 Å². The van der Waals surface area contributed by atoms with Crippen molar-refractivity contribution in [2.45, 2.75) is 25.5 Å². The topological polar surface area (TPSA) is 84.6 Å². The predicted molar refractivity (Wildman–Crippen MR) is 77.2 cm³/mol. The van der Waals surface area contributed by atoms with Crippen LogP contribution in [0, 0.1) is 13.8 Å². The van der Waals surface area contributed by atoms with E-state index < -0.39 is 5.25 Å². The van der Waals surface area contributed by atoms with Crippen LogP contribution in [0.1, 0.15) is 17.5 Å². The van der Waals surface area contributed by atoms with Crippen molar-refractivity contribution in [1.82, 2.24) is 0 Å². The third-order valence-electron chi connectivity index (χ3n) is 2.79. The number of aliphatic imine (C=N–C) groups is 1. The first-order valence-electron chi connectivity index (χ1n) is 5.87. The Labute approximate surface area is 115 Å². The van der Waals surface area contributed by atoms with E-state index in [2.05, 4.69) is 10.3 Å². The van der Waals surface area contributed by atoms with Crippen molar-refractivity contribution < 1.29 is 9.59 Å². The number of carbonyl (C=O) groups is 2. The first-order chi connectivity index (χ1) is 8.95. The van der Waals surface area contributed by atoms with Gasteiger partial charge in [0.2, 0.25) is 5.91 Å². The predicted octanol–water partition coefficient (Wildman–Crippen LogP) is 1.59. The number of carbonyl (C=O) groups excluding carboxylic acids is 2. The number of amides is 2. The Bertz CT molecular complexity index is 569. The zero-order valence-electron chi connectivity index (χ0n) is 10.8. The average molecular weight is 277 g/mol. The highest BCUT2D eigenvalue weighted by atomic mass is 32.2. The van der Waals surface area contributed by atoms with E-state index in [-0.39, 0.29) is 23.4 Å². The molecule has 2 rings (SSSR count). The molecule has 5 nitrogen and oxygen atoms in total. The molecule has 0 bridgehead atoms. The molecule has 0 radical (unpaired) electrons. The maximum Gasteiger partial charge on any atom is 0.262 e. The first-order valence-corrected chi connectivity index (χ1v) is 6.75. The number of nitrogens with one attached hydrogen (secondary N) is 1. The summed E-state index contributed by atoms with van der Waals surface area (Å²) in [5, 5.41) is 2.54. The second kappa shape index (κ2) is 5.44. The van der Waals surface area contributed by atoms with E-state index in [9.17, 15) is 9.59 Å². The zero-order valence-corrected chi connectivity index (χ0v) is 11.6. The molecule has 1 heterocycles. The van der Waals surface area contributed by atoms with Crippen LogP contribution in [-0.4, -0.2) is 22.2 Å². The first kappa shape index (κ1) is 13.6. The van der Waals surface area contributed by atoms with Crippen LogP contribution in [0.5, 0.6) is 0 Å². The number of hydrogen-bond donors (Lipinski definition) is 2. The smallest absolute Gasteiger partial charge is 0.262 e. The highest BCUT2D eigenvalue weighted by Crippen LogP contribution is 2.24. The van der Waals surface area contributed by atoms with Crippen molar-refractivity contribution in [3.8, 4) is 0 Å². The van der Waals surface area contributed by atoms with Crippen molar-refractivity contribution in [2.24, 2.45) is 10.7 Å². The fourth-order valence-corrected chi connectivity index (χ4v) is 2.68. The summed E-state index contributed by atoms with van der Waals surface area (Å²) in [7, 11) is 0. The lowest BCUT2D eigenvalue weighted by Gasteiger charge is -2.10. The number of nitrogens with two attached hydrogens (primary N) is 1. The maximum absolute atomic E-state index is 11.9. The Kier molecular flexibility index (Phi) is 3.90. The van der Waals surface area contributed by atoms with Gasteiger partial charge in [0.25, 0.3) is 5.91 Å². The Morgan fingerprint density at radius 1 is 1.47 bits per heavy atom. The highest BCUT2D eigenvalue weighted by Gasteiger charge is 2.29. The van der Waals surface area contributed by atoms with Gasteiger partial charge in [-0.2, -0.15) is 4.99 Å². The summed E-state index contributed by atoms with van der Waals surface area (Å²) in [6.07, 6.45) is 0.0843. The number of aryl methyl sites for hydroxylation is 2. The molecule has 0 unspecified atom stereocenters. The molecule has 0 aromatic heterocycles. The number of anilines is 1. The minimum absolute atomic E-state index is 0.0843. The molecule has 1 aromatic rings. The summed E-state index contributed by atoms with van der Waals surface area (Å²) < 4.78 is 0. The monoisotopic (exact) mass is 277 g/mol. The molecule has 0 aliphatic carbocycles. The van der Waals surface area contributed by atoms with Crippen molar-refractivity contribution in [2.75, 3.05) is 5.32 Å². The summed E-state index contributed by atoms with van der Waals surface area (Å²) in [5.74, 6) is -0.541. The lowest BCUT2D eigenvalue weighted by Crippen LogP contribution is -2.22. The van der Waals surface area contributed by atoms with Crippen LogP contribution in [-0.2, 0) is 9.59 Å². The second-order valence-electron chi connectivity index (χ2n) is 4.47. The van der Waals surface area contributed by atoms with Gasteiger partial charge >= 0.3 is 0 Å². The van der Waals surface area contributed by atoms with Crippen LogP contribution >= 0.6 is 11.8 Å². The number of thioether (sulfide) groups is 1. The van der Waals surface area contributed by atoms with Gasteiger partial charge in [0.15, 0.2) is 5.17 Å². The van der Waals surface area contributed by atoms with Crippen LogP contribution in [0.15, 0.2) is 23.2 Å². The molecule has 0 spiro atoms. The fraction of sp³-hybridized carbons (Fsp3) is 0.308. The third-order valence-corrected chi connectivity index (χ3v) is 3.77. The standard InChI is InChI=1S/C13H15N3O2S/c1-7-3-4-9(8(2)5-7)15-11(17)6-10-12(18)16-13(14)19-10/h3-5,10H,6H2,1-2H3,(H,15,17)(H2,14,16,18)/t10-/m1/s1. The molecule has 1 aromatic carbocycles. The Hall–Kier alpha value is -1.82. The molecule has 0 fully saturated rings. The normalized spacial score (nSPS) is 18.3. The molecule has 19 heavy (non-hydrogen) atoms. The molecule has 3 N–H and O–H groups in total. The van der Waals surface area contributed by atoms with E-state index in [0.717, 1.165) is 28.6 Å². The van der Waals surface area contributed by atoms with Crippen molar-refractivity contribution in [3.63, 3.8) is 0 Å². The van der Waals surface area contributed by atoms with E-state index >= 15 is 0 Å². The number of rotatable bonds is 3. The van der Waals surface area contributed by atoms with Gasteiger partial charge in [-0.15, -0.1) is 0 Å². The summed E-state index contributed by atoms with van der Waals surface area (Å²) in [6, 6.07) is 5.78. The Morgan fingerprint density at radius 2 is 2.21 bits per heavy atom. The van der Waals surface area contributed by atoms with Gasteiger partial charge in [0.05, 0.1) is 0 Å². The van der Waals surface area contributed by atoms with Crippen molar-refractivity contribution >= 4 is 34.4 Å². The van der Waals surface area contributed by atoms with E-state index in [1.54, 1.807) is 0 Å². The van der Waals surface area contributed by atoms with Crippen molar-refractivity contribution in [3.05, 3.63) is 29.3 Å². The Balaban J connectivity index is 1.97.